The molecule has 1 amide bonds. The monoisotopic (exact) mass is 389 g/mol. The number of hydrogen-bond donors (Lipinski definition) is 1. The molecule has 1 aliphatic heterocycles. The van der Waals surface area contributed by atoms with Crippen LogP contribution in [0.1, 0.15) is 23.7 Å². The molecule has 0 radical (unpaired) electrons. The molecule has 1 N–H and O–H groups in total. The predicted molar refractivity (Wildman–Crippen MR) is 105 cm³/mol. The number of benzene rings is 1. The Bertz CT molecular complexity index is 913. The number of para-hydroxylation sites is 1. The van der Waals surface area contributed by atoms with Gasteiger partial charge in [0.05, 0.1) is 36.1 Å². The van der Waals surface area contributed by atoms with Gasteiger partial charge in [-0.3, -0.25) is 4.79 Å². The highest BCUT2D eigenvalue weighted by atomic mass is 32.2. The van der Waals surface area contributed by atoms with Crippen molar-refractivity contribution < 1.29 is 17.9 Å². The number of carbonyl (C=O) groups is 1. The van der Waals surface area contributed by atoms with Gasteiger partial charge in [0, 0.05) is 12.6 Å². The molecule has 3 rings (SSSR count). The van der Waals surface area contributed by atoms with Crippen LogP contribution >= 0.6 is 0 Å². The summed E-state index contributed by atoms with van der Waals surface area (Å²) in [6.45, 7) is 2.68. The number of pyridine rings is 1. The van der Waals surface area contributed by atoms with Gasteiger partial charge in [-0.2, -0.15) is 0 Å². The lowest BCUT2D eigenvalue weighted by Crippen LogP contribution is -2.36. The van der Waals surface area contributed by atoms with Crippen molar-refractivity contribution in [3.63, 3.8) is 0 Å². The fourth-order valence-corrected chi connectivity index (χ4v) is 5.05. The number of sulfone groups is 1. The third kappa shape index (κ3) is 4.39. The first-order valence-electron chi connectivity index (χ1n) is 8.81. The first-order chi connectivity index (χ1) is 12.9. The summed E-state index contributed by atoms with van der Waals surface area (Å²) in [7, 11) is -1.44. The van der Waals surface area contributed by atoms with E-state index in [1.807, 2.05) is 17.9 Å². The maximum atomic E-state index is 12.4. The Hall–Kier alpha value is -2.61. The van der Waals surface area contributed by atoms with E-state index in [1.54, 1.807) is 36.5 Å². The molecule has 0 spiro atoms. The topological polar surface area (TPSA) is 88.6 Å². The van der Waals surface area contributed by atoms with Crippen LogP contribution in [0.4, 0.5) is 11.5 Å². The second-order valence-corrected chi connectivity index (χ2v) is 8.63. The van der Waals surface area contributed by atoms with E-state index >= 15 is 0 Å². The van der Waals surface area contributed by atoms with Gasteiger partial charge in [-0.05, 0) is 37.6 Å². The number of ether oxygens (including phenoxy) is 1. The van der Waals surface area contributed by atoms with E-state index in [2.05, 4.69) is 10.3 Å². The number of nitrogens with one attached hydrogen (secondary N) is 1. The normalized spacial score (nSPS) is 18.1. The molecule has 2 heterocycles. The molecule has 0 bridgehead atoms. The predicted octanol–water partition coefficient (Wildman–Crippen LogP) is 2.36. The van der Waals surface area contributed by atoms with Gasteiger partial charge in [-0.15, -0.1) is 0 Å². The van der Waals surface area contributed by atoms with Gasteiger partial charge in [0.1, 0.15) is 11.6 Å². The number of methoxy groups -OCH3 is 1. The first kappa shape index (κ1) is 19.2. The van der Waals surface area contributed by atoms with Crippen molar-refractivity contribution in [1.29, 1.82) is 0 Å². The third-order valence-electron chi connectivity index (χ3n) is 4.66. The molecule has 27 heavy (non-hydrogen) atoms. The molecular weight excluding hydrogens is 366 g/mol. The van der Waals surface area contributed by atoms with Gasteiger partial charge in [0.2, 0.25) is 0 Å². The second kappa shape index (κ2) is 7.96. The molecule has 2 aromatic rings. The molecule has 1 aromatic carbocycles. The van der Waals surface area contributed by atoms with E-state index in [0.717, 1.165) is 5.69 Å². The number of hydrogen-bond acceptors (Lipinski definition) is 6. The second-order valence-electron chi connectivity index (χ2n) is 6.40. The maximum Gasteiger partial charge on any atom is 0.260 e. The summed E-state index contributed by atoms with van der Waals surface area (Å²) in [4.78, 5) is 18.8. The average Bonchev–Trinajstić information content (AvgIpc) is 3.03. The largest absolute Gasteiger partial charge is 0.496 e. The lowest BCUT2D eigenvalue weighted by atomic mass is 10.2. The molecule has 1 unspecified atom stereocenters. The van der Waals surface area contributed by atoms with E-state index in [0.29, 0.717) is 30.1 Å². The van der Waals surface area contributed by atoms with E-state index in [1.165, 1.54) is 7.11 Å². The van der Waals surface area contributed by atoms with Crippen LogP contribution in [0.15, 0.2) is 42.6 Å². The van der Waals surface area contributed by atoms with Crippen LogP contribution in [-0.2, 0) is 9.84 Å². The Balaban J connectivity index is 1.72. The van der Waals surface area contributed by atoms with Crippen molar-refractivity contribution in [3.8, 4) is 5.75 Å². The van der Waals surface area contributed by atoms with Crippen LogP contribution in [0.3, 0.4) is 0 Å². The zero-order chi connectivity index (χ0) is 19.4. The van der Waals surface area contributed by atoms with E-state index in [4.69, 9.17) is 4.74 Å². The molecule has 144 valence electrons. The van der Waals surface area contributed by atoms with Crippen LogP contribution in [-0.4, -0.2) is 50.5 Å². The van der Waals surface area contributed by atoms with Gasteiger partial charge in [0.15, 0.2) is 9.84 Å². The Morgan fingerprint density at radius 3 is 2.67 bits per heavy atom. The van der Waals surface area contributed by atoms with Crippen molar-refractivity contribution in [1.82, 2.24) is 4.98 Å². The van der Waals surface area contributed by atoms with E-state index in [-0.39, 0.29) is 23.5 Å². The van der Waals surface area contributed by atoms with Crippen molar-refractivity contribution in [2.24, 2.45) is 0 Å². The summed E-state index contributed by atoms with van der Waals surface area (Å²) >= 11 is 0. The van der Waals surface area contributed by atoms with Crippen molar-refractivity contribution in [2.45, 2.75) is 19.4 Å². The van der Waals surface area contributed by atoms with Gasteiger partial charge in [-0.25, -0.2) is 13.4 Å². The zero-order valence-electron chi connectivity index (χ0n) is 15.4. The van der Waals surface area contributed by atoms with Gasteiger partial charge in [0.25, 0.3) is 5.91 Å². The van der Waals surface area contributed by atoms with E-state index in [9.17, 15) is 13.2 Å². The number of anilines is 2. The highest BCUT2D eigenvalue weighted by Gasteiger charge is 2.31. The number of nitrogens with zero attached hydrogens (tertiary/aromatic N) is 2. The lowest BCUT2D eigenvalue weighted by molar-refractivity contribution is 0.102. The van der Waals surface area contributed by atoms with Crippen LogP contribution in [0, 0.1) is 0 Å². The molecule has 1 aromatic heterocycles. The number of carbonyl (C=O) groups excluding carboxylic acids is 1. The quantitative estimate of drug-likeness (QED) is 0.816. The smallest absolute Gasteiger partial charge is 0.260 e. The standard InChI is InChI=1S/C19H23N3O4S/c1-3-22(15-10-11-27(24,25)13-15)14-8-9-18(20-12-14)21-19(23)16-6-4-5-7-17(16)26-2/h4-9,12,15H,3,10-11,13H2,1-2H3,(H,20,21,23). The SMILES string of the molecule is CCN(c1ccc(NC(=O)c2ccccc2OC)nc1)C1CCS(=O)(=O)C1. The summed E-state index contributed by atoms with van der Waals surface area (Å²) in [5.41, 5.74) is 1.27. The average molecular weight is 389 g/mol. The minimum absolute atomic E-state index is 0.0316. The molecule has 8 heteroatoms. The molecule has 7 nitrogen and oxygen atoms in total. The minimum atomic E-state index is -2.95. The highest BCUT2D eigenvalue weighted by molar-refractivity contribution is 7.91. The van der Waals surface area contributed by atoms with Gasteiger partial charge in [-0.1, -0.05) is 12.1 Å². The minimum Gasteiger partial charge on any atom is -0.496 e. The van der Waals surface area contributed by atoms with Gasteiger partial charge >= 0.3 is 0 Å². The third-order valence-corrected chi connectivity index (χ3v) is 6.41. The van der Waals surface area contributed by atoms with Crippen LogP contribution in [0.5, 0.6) is 5.75 Å². The molecule has 1 fully saturated rings. The van der Waals surface area contributed by atoms with Crippen LogP contribution in [0.25, 0.3) is 0 Å². The van der Waals surface area contributed by atoms with Crippen molar-refractivity contribution in [3.05, 3.63) is 48.2 Å². The summed E-state index contributed by atoms with van der Waals surface area (Å²) < 4.78 is 28.7. The lowest BCUT2D eigenvalue weighted by Gasteiger charge is -2.28. The van der Waals surface area contributed by atoms with Gasteiger partial charge < -0.3 is 15.0 Å². The highest BCUT2D eigenvalue weighted by Crippen LogP contribution is 2.25. The Kier molecular flexibility index (Phi) is 5.65. The summed E-state index contributed by atoms with van der Waals surface area (Å²) in [6.07, 6.45) is 2.29. The number of aromatic nitrogens is 1. The fourth-order valence-electron chi connectivity index (χ4n) is 3.32. The molecule has 1 atom stereocenters. The Morgan fingerprint density at radius 1 is 1.30 bits per heavy atom. The number of rotatable bonds is 6. The molecule has 0 saturated carbocycles. The number of amides is 1. The molecule has 1 saturated heterocycles. The zero-order valence-corrected chi connectivity index (χ0v) is 16.2. The van der Waals surface area contributed by atoms with Crippen LogP contribution in [0.2, 0.25) is 0 Å². The molecule has 0 aliphatic carbocycles. The van der Waals surface area contributed by atoms with Crippen molar-refractivity contribution in [2.75, 3.05) is 35.4 Å². The first-order valence-corrected chi connectivity index (χ1v) is 10.6. The van der Waals surface area contributed by atoms with Crippen LogP contribution < -0.4 is 15.0 Å². The maximum absolute atomic E-state index is 12.4. The summed E-state index contributed by atoms with van der Waals surface area (Å²) in [5.74, 6) is 1.01. The Morgan fingerprint density at radius 2 is 2.07 bits per heavy atom. The van der Waals surface area contributed by atoms with E-state index < -0.39 is 9.84 Å². The summed E-state index contributed by atoms with van der Waals surface area (Å²) in [6, 6.07) is 10.5. The molecular formula is C19H23N3O4S. The molecule has 1 aliphatic rings. The summed E-state index contributed by atoms with van der Waals surface area (Å²) in [5, 5.41) is 2.76. The van der Waals surface area contributed by atoms with Crippen molar-refractivity contribution >= 4 is 27.2 Å². The Labute approximate surface area is 159 Å². The fraction of sp³-hybridized carbons (Fsp3) is 0.368.